The molecule has 1 aromatic rings. The van der Waals surface area contributed by atoms with Gasteiger partial charge in [-0.2, -0.15) is 0 Å². The van der Waals surface area contributed by atoms with Crippen LogP contribution in [0, 0.1) is 0 Å². The zero-order valence-electron chi connectivity index (χ0n) is 12.7. The summed E-state index contributed by atoms with van der Waals surface area (Å²) in [6.07, 6.45) is 0. The van der Waals surface area contributed by atoms with Crippen molar-refractivity contribution in [3.8, 4) is 0 Å². The molecule has 19 heavy (non-hydrogen) atoms. The van der Waals surface area contributed by atoms with Crippen LogP contribution < -0.4 is 0 Å². The molecule has 1 amide bonds. The summed E-state index contributed by atoms with van der Waals surface area (Å²) in [6, 6.07) is 7.93. The van der Waals surface area contributed by atoms with Gasteiger partial charge in [-0.15, -0.1) is 0 Å². The third-order valence-electron chi connectivity index (χ3n) is 3.54. The van der Waals surface area contributed by atoms with Crippen LogP contribution in [0.1, 0.15) is 50.5 Å². The van der Waals surface area contributed by atoms with E-state index in [9.17, 15) is 4.79 Å². The van der Waals surface area contributed by atoms with Gasteiger partial charge in [0.1, 0.15) is 0 Å². The van der Waals surface area contributed by atoms with Crippen LogP contribution in [0.25, 0.3) is 0 Å². The molecule has 0 saturated heterocycles. The van der Waals surface area contributed by atoms with Crippen LogP contribution in [0.3, 0.4) is 0 Å². The van der Waals surface area contributed by atoms with Crippen LogP contribution in [0.15, 0.2) is 24.3 Å². The summed E-state index contributed by atoms with van der Waals surface area (Å²) < 4.78 is 0. The number of rotatable bonds is 3. The van der Waals surface area contributed by atoms with Crippen molar-refractivity contribution in [1.29, 1.82) is 0 Å². The van der Waals surface area contributed by atoms with E-state index in [1.807, 2.05) is 45.2 Å². The minimum absolute atomic E-state index is 0.0601. The summed E-state index contributed by atoms with van der Waals surface area (Å²) in [7, 11) is 1.85. The van der Waals surface area contributed by atoms with Crippen LogP contribution in [0.5, 0.6) is 0 Å². The molecule has 0 aliphatic carbocycles. The lowest BCUT2D eigenvalue weighted by Gasteiger charge is -2.34. The van der Waals surface area contributed by atoms with Crippen molar-refractivity contribution < 1.29 is 4.79 Å². The SMILES string of the molecule is CN(C(=O)c1ccc(C(C)(C)C)cc1)C(C)(C)CBr. The number of amides is 1. The maximum Gasteiger partial charge on any atom is 0.254 e. The minimum Gasteiger partial charge on any atom is -0.336 e. The van der Waals surface area contributed by atoms with Gasteiger partial charge in [-0.25, -0.2) is 0 Å². The lowest BCUT2D eigenvalue weighted by Crippen LogP contribution is -2.46. The topological polar surface area (TPSA) is 20.3 Å². The van der Waals surface area contributed by atoms with E-state index in [4.69, 9.17) is 0 Å². The number of carbonyl (C=O) groups excluding carboxylic acids is 1. The van der Waals surface area contributed by atoms with Crippen LogP contribution in [0.2, 0.25) is 0 Å². The second-order valence-corrected chi connectivity index (χ2v) is 7.20. The second kappa shape index (κ2) is 5.66. The number of hydrogen-bond donors (Lipinski definition) is 0. The van der Waals surface area contributed by atoms with Gasteiger partial charge < -0.3 is 4.90 Å². The molecule has 3 heteroatoms. The van der Waals surface area contributed by atoms with E-state index in [-0.39, 0.29) is 16.9 Å². The molecule has 0 aliphatic heterocycles. The fraction of sp³-hybridized carbons (Fsp3) is 0.562. The van der Waals surface area contributed by atoms with Crippen molar-refractivity contribution in [2.24, 2.45) is 0 Å². The maximum atomic E-state index is 12.4. The average molecular weight is 326 g/mol. The fourth-order valence-electron chi connectivity index (χ4n) is 1.67. The van der Waals surface area contributed by atoms with E-state index in [2.05, 4.69) is 36.7 Å². The first-order valence-corrected chi connectivity index (χ1v) is 7.66. The molecule has 0 atom stereocenters. The Hall–Kier alpha value is -0.830. The van der Waals surface area contributed by atoms with E-state index >= 15 is 0 Å². The third-order valence-corrected chi connectivity index (χ3v) is 4.91. The number of carbonyl (C=O) groups is 1. The fourth-order valence-corrected chi connectivity index (χ4v) is 2.05. The molecule has 2 nitrogen and oxygen atoms in total. The molecule has 0 fully saturated rings. The predicted octanol–water partition coefficient (Wildman–Crippen LogP) is 4.23. The van der Waals surface area contributed by atoms with Gasteiger partial charge in [0.2, 0.25) is 0 Å². The standard InChI is InChI=1S/C16H24BrNO/c1-15(2,3)13-9-7-12(8-10-13)14(19)18(6)16(4,5)11-17/h7-10H,11H2,1-6H3. The van der Waals surface area contributed by atoms with E-state index in [1.165, 1.54) is 5.56 Å². The summed E-state index contributed by atoms with van der Waals surface area (Å²) in [4.78, 5) is 14.2. The zero-order chi connectivity index (χ0) is 14.8. The first kappa shape index (κ1) is 16.2. The Bertz CT molecular complexity index is 443. The van der Waals surface area contributed by atoms with Crippen molar-refractivity contribution >= 4 is 21.8 Å². The van der Waals surface area contributed by atoms with Crippen molar-refractivity contribution in [1.82, 2.24) is 4.90 Å². The first-order chi connectivity index (χ1) is 8.59. The van der Waals surface area contributed by atoms with Gasteiger partial charge in [-0.1, -0.05) is 48.8 Å². The van der Waals surface area contributed by atoms with E-state index in [0.717, 1.165) is 10.9 Å². The Morgan fingerprint density at radius 1 is 1.11 bits per heavy atom. The molecule has 0 heterocycles. The molecule has 0 saturated carbocycles. The van der Waals surface area contributed by atoms with E-state index in [1.54, 1.807) is 4.90 Å². The predicted molar refractivity (Wildman–Crippen MR) is 85.1 cm³/mol. The molecule has 0 aliphatic rings. The molecule has 0 aromatic heterocycles. The average Bonchev–Trinajstić information content (AvgIpc) is 2.36. The smallest absolute Gasteiger partial charge is 0.254 e. The molecular formula is C16H24BrNO. The maximum absolute atomic E-state index is 12.4. The molecule has 0 radical (unpaired) electrons. The van der Waals surface area contributed by atoms with Crippen LogP contribution in [0.4, 0.5) is 0 Å². The number of halogens is 1. The first-order valence-electron chi connectivity index (χ1n) is 6.54. The van der Waals surface area contributed by atoms with E-state index in [0.29, 0.717) is 0 Å². The van der Waals surface area contributed by atoms with Crippen LogP contribution in [-0.2, 0) is 5.41 Å². The molecule has 1 aromatic carbocycles. The van der Waals surface area contributed by atoms with Crippen molar-refractivity contribution in [3.05, 3.63) is 35.4 Å². The highest BCUT2D eigenvalue weighted by molar-refractivity contribution is 9.09. The van der Waals surface area contributed by atoms with Crippen LogP contribution >= 0.6 is 15.9 Å². The Labute approximate surface area is 125 Å². The number of nitrogens with zero attached hydrogens (tertiary/aromatic N) is 1. The lowest BCUT2D eigenvalue weighted by molar-refractivity contribution is 0.0663. The highest BCUT2D eigenvalue weighted by atomic mass is 79.9. The number of alkyl halides is 1. The molecule has 0 unspecified atom stereocenters. The third kappa shape index (κ3) is 3.82. The monoisotopic (exact) mass is 325 g/mol. The van der Waals surface area contributed by atoms with Gasteiger partial charge in [-0.3, -0.25) is 4.79 Å². The summed E-state index contributed by atoms with van der Waals surface area (Å²) in [5.74, 6) is 0.0601. The van der Waals surface area contributed by atoms with Gasteiger partial charge in [0.15, 0.2) is 0 Å². The Kier molecular flexibility index (Phi) is 4.83. The minimum atomic E-state index is -0.195. The Morgan fingerprint density at radius 3 is 1.95 bits per heavy atom. The lowest BCUT2D eigenvalue weighted by atomic mass is 9.86. The van der Waals surface area contributed by atoms with Crippen LogP contribution in [-0.4, -0.2) is 28.7 Å². The van der Waals surface area contributed by atoms with Gasteiger partial charge in [0.25, 0.3) is 5.91 Å². The van der Waals surface area contributed by atoms with Crippen molar-refractivity contribution in [3.63, 3.8) is 0 Å². The Balaban J connectivity index is 2.96. The van der Waals surface area contributed by atoms with E-state index < -0.39 is 0 Å². The summed E-state index contributed by atoms with van der Waals surface area (Å²) in [5.41, 5.74) is 1.90. The number of hydrogen-bond acceptors (Lipinski definition) is 1. The quantitative estimate of drug-likeness (QED) is 0.761. The molecule has 1 rings (SSSR count). The highest BCUT2D eigenvalue weighted by Crippen LogP contribution is 2.23. The molecule has 0 bridgehead atoms. The van der Waals surface area contributed by atoms with Crippen molar-refractivity contribution in [2.45, 2.75) is 45.6 Å². The molecule has 0 spiro atoms. The normalized spacial score (nSPS) is 12.4. The highest BCUT2D eigenvalue weighted by Gasteiger charge is 2.27. The van der Waals surface area contributed by atoms with Crippen molar-refractivity contribution in [2.75, 3.05) is 12.4 Å². The second-order valence-electron chi connectivity index (χ2n) is 6.64. The molecular weight excluding hydrogens is 302 g/mol. The summed E-state index contributed by atoms with van der Waals surface area (Å²) in [6.45, 7) is 10.6. The summed E-state index contributed by atoms with van der Waals surface area (Å²) in [5, 5.41) is 0.752. The van der Waals surface area contributed by atoms with Gasteiger partial charge in [-0.05, 0) is 37.0 Å². The Morgan fingerprint density at radius 2 is 1.58 bits per heavy atom. The largest absolute Gasteiger partial charge is 0.336 e. The number of benzene rings is 1. The molecule has 106 valence electrons. The zero-order valence-corrected chi connectivity index (χ0v) is 14.3. The van der Waals surface area contributed by atoms with Gasteiger partial charge in [0.05, 0.1) is 0 Å². The summed E-state index contributed by atoms with van der Waals surface area (Å²) >= 11 is 3.46. The van der Waals surface area contributed by atoms with Gasteiger partial charge >= 0.3 is 0 Å². The molecule has 0 N–H and O–H groups in total. The van der Waals surface area contributed by atoms with Gasteiger partial charge in [0, 0.05) is 23.5 Å².